The van der Waals surface area contributed by atoms with E-state index in [0.717, 1.165) is 38.5 Å². The number of allylic oxidation sites excluding steroid dienone is 4. The zero-order valence-electron chi connectivity index (χ0n) is 30.4. The molecule has 57 heavy (non-hydrogen) atoms. The van der Waals surface area contributed by atoms with Crippen molar-refractivity contribution in [3.63, 3.8) is 0 Å². The molecule has 3 aromatic heterocycles. The molecule has 0 unspecified atom stereocenters. The smallest absolute Gasteiger partial charge is 0.197 e. The molecule has 0 aliphatic heterocycles. The Labute approximate surface area is 325 Å². The largest absolute Gasteiger partial charge is 0.454 e. The molecule has 8 aromatic rings. The van der Waals surface area contributed by atoms with Crippen LogP contribution >= 0.6 is 0 Å². The number of fused-ring (bicyclic) bond motifs is 5. The van der Waals surface area contributed by atoms with Gasteiger partial charge >= 0.3 is 0 Å². The van der Waals surface area contributed by atoms with Crippen LogP contribution in [-0.4, -0.2) is 26.5 Å². The molecule has 268 valence electrons. The van der Waals surface area contributed by atoms with E-state index in [1.807, 2.05) is 131 Å². The predicted molar refractivity (Wildman–Crippen MR) is 220 cm³/mol. The van der Waals surface area contributed by atoms with Crippen molar-refractivity contribution in [1.82, 2.24) is 9.13 Å². The second kappa shape index (κ2) is 12.8. The number of hydrogen-bond donors (Lipinski definition) is 0. The van der Waals surface area contributed by atoms with Crippen LogP contribution in [0.3, 0.4) is 0 Å². The molecular formula is C49H28N4O4. The number of para-hydroxylation sites is 1. The maximum absolute atomic E-state index is 14.4. The van der Waals surface area contributed by atoms with E-state index in [1.165, 1.54) is 0 Å². The molecule has 2 aliphatic rings. The first kappa shape index (κ1) is 33.5. The van der Waals surface area contributed by atoms with Gasteiger partial charge in [0.05, 0.1) is 16.6 Å². The minimum Gasteiger partial charge on any atom is -0.454 e. The van der Waals surface area contributed by atoms with Gasteiger partial charge in [0.25, 0.3) is 0 Å². The van der Waals surface area contributed by atoms with E-state index in [-0.39, 0.29) is 39.6 Å². The number of hydrogen-bond acceptors (Lipinski definition) is 6. The lowest BCUT2D eigenvalue weighted by molar-refractivity contribution is 0.0988. The fraction of sp³-hybridized carbons (Fsp3) is 0.0408. The van der Waals surface area contributed by atoms with Crippen LogP contribution < -0.4 is 0 Å². The highest BCUT2D eigenvalue weighted by molar-refractivity contribution is 6.42. The SMILES string of the molecule is CCn1c(/C=C2\C(=O)c3cc(-n4cc(C=C5C(=O)c6cc7ccccc7cc6C5=O)c5ccccc54)ccc3C2=C(C#N)C#N)cc2oc(-c3ccccc3)cc21. The van der Waals surface area contributed by atoms with Gasteiger partial charge in [0, 0.05) is 80.6 Å². The standard InChI is InChI=1S/C49H28N4O4/c1-2-52-34(23-45-43(52)24-44(57-45)28-10-4-3-5-11-28)22-40-46(32(25-50)26-51)36-17-16-33(21-39(36)47(40)54)53-27-31(35-14-8-9-15-42(35)53)20-41-48(55)37-18-29-12-6-7-13-30(29)19-38(37)49(41)56/h3-24,27H,2H2,1H3/b40-22-. The van der Waals surface area contributed by atoms with Gasteiger partial charge in [-0.15, -0.1) is 0 Å². The van der Waals surface area contributed by atoms with E-state index >= 15 is 0 Å². The summed E-state index contributed by atoms with van der Waals surface area (Å²) in [7, 11) is 0. The molecule has 10 rings (SSSR count). The fourth-order valence-corrected chi connectivity index (χ4v) is 8.29. The van der Waals surface area contributed by atoms with Gasteiger partial charge in [0.1, 0.15) is 23.5 Å². The number of Topliss-reactive ketones (excluding diaryl/α,β-unsaturated/α-hetero) is 3. The van der Waals surface area contributed by atoms with Gasteiger partial charge < -0.3 is 13.6 Å². The number of rotatable bonds is 5. The first-order chi connectivity index (χ1) is 27.9. The summed E-state index contributed by atoms with van der Waals surface area (Å²) < 4.78 is 10.2. The number of nitrogens with zero attached hydrogens (tertiary/aromatic N) is 4. The van der Waals surface area contributed by atoms with Crippen LogP contribution in [0.4, 0.5) is 0 Å². The van der Waals surface area contributed by atoms with Crippen LogP contribution in [0.15, 0.2) is 149 Å². The summed E-state index contributed by atoms with van der Waals surface area (Å²) >= 11 is 0. The normalized spacial score (nSPS) is 14.2. The van der Waals surface area contributed by atoms with Gasteiger partial charge in [-0.1, -0.05) is 78.9 Å². The molecule has 3 heterocycles. The molecule has 8 nitrogen and oxygen atoms in total. The Morgan fingerprint density at radius 2 is 1.32 bits per heavy atom. The Kier molecular flexibility index (Phi) is 7.50. The summed E-state index contributed by atoms with van der Waals surface area (Å²) in [5.41, 5.74) is 7.38. The first-order valence-corrected chi connectivity index (χ1v) is 18.4. The van der Waals surface area contributed by atoms with Crippen LogP contribution in [0.5, 0.6) is 0 Å². The summed E-state index contributed by atoms with van der Waals surface area (Å²) in [5.74, 6) is -0.221. The minimum atomic E-state index is -0.318. The van der Waals surface area contributed by atoms with Crippen molar-refractivity contribution in [1.29, 1.82) is 10.5 Å². The number of nitriles is 2. The molecule has 8 heteroatoms. The van der Waals surface area contributed by atoms with Crippen molar-refractivity contribution >= 4 is 67.8 Å². The maximum Gasteiger partial charge on any atom is 0.197 e. The second-order valence-electron chi connectivity index (χ2n) is 14.1. The van der Waals surface area contributed by atoms with E-state index in [0.29, 0.717) is 51.3 Å². The van der Waals surface area contributed by atoms with Crippen molar-refractivity contribution in [2.45, 2.75) is 13.5 Å². The lowest BCUT2D eigenvalue weighted by atomic mass is 9.99. The lowest BCUT2D eigenvalue weighted by Crippen LogP contribution is -2.01. The lowest BCUT2D eigenvalue weighted by Gasteiger charge is -2.08. The number of aromatic nitrogens is 2. The van der Waals surface area contributed by atoms with Crippen LogP contribution in [0.2, 0.25) is 0 Å². The monoisotopic (exact) mass is 736 g/mol. The number of furan rings is 1. The summed E-state index contributed by atoms with van der Waals surface area (Å²) in [6, 6.07) is 41.9. The third kappa shape index (κ3) is 5.09. The number of carbonyl (C=O) groups excluding carboxylic acids is 3. The Bertz CT molecular complexity index is 3220. The molecular weight excluding hydrogens is 709 g/mol. The fourth-order valence-electron chi connectivity index (χ4n) is 8.29. The van der Waals surface area contributed by atoms with E-state index < -0.39 is 0 Å². The number of aryl methyl sites for hydroxylation is 1. The summed E-state index contributed by atoms with van der Waals surface area (Å²) in [6.45, 7) is 2.59. The van der Waals surface area contributed by atoms with Crippen LogP contribution in [0.1, 0.15) is 54.8 Å². The summed E-state index contributed by atoms with van der Waals surface area (Å²) in [4.78, 5) is 41.8. The van der Waals surface area contributed by atoms with Crippen LogP contribution in [-0.2, 0) is 6.54 Å². The highest BCUT2D eigenvalue weighted by Gasteiger charge is 2.35. The van der Waals surface area contributed by atoms with Gasteiger partial charge in [-0.05, 0) is 65.7 Å². The quantitative estimate of drug-likeness (QED) is 0.0985. The average Bonchev–Trinajstić information content (AvgIpc) is 4.03. The molecule has 0 saturated heterocycles. The Balaban J connectivity index is 1.07. The summed E-state index contributed by atoms with van der Waals surface area (Å²) in [5, 5.41) is 22.7. The predicted octanol–water partition coefficient (Wildman–Crippen LogP) is 10.6. The third-order valence-corrected chi connectivity index (χ3v) is 11.0. The molecule has 2 aliphatic carbocycles. The molecule has 0 radical (unpaired) electrons. The topological polar surface area (TPSA) is 122 Å². The Morgan fingerprint density at radius 3 is 2.02 bits per heavy atom. The van der Waals surface area contributed by atoms with E-state index in [9.17, 15) is 24.9 Å². The first-order valence-electron chi connectivity index (χ1n) is 18.4. The molecule has 0 N–H and O–H groups in total. The Morgan fingerprint density at radius 1 is 0.667 bits per heavy atom. The molecule has 0 saturated carbocycles. The minimum absolute atomic E-state index is 0.0948. The van der Waals surface area contributed by atoms with Gasteiger partial charge in [-0.25, -0.2) is 0 Å². The number of benzene rings is 5. The molecule has 0 atom stereocenters. The third-order valence-electron chi connectivity index (χ3n) is 11.0. The number of ketones is 3. The van der Waals surface area contributed by atoms with Crippen LogP contribution in [0.25, 0.3) is 67.5 Å². The van der Waals surface area contributed by atoms with E-state index in [1.54, 1.807) is 36.4 Å². The molecule has 0 spiro atoms. The Hall–Kier alpha value is -8.07. The van der Waals surface area contributed by atoms with Gasteiger partial charge in [0.2, 0.25) is 0 Å². The van der Waals surface area contributed by atoms with Gasteiger partial charge in [0.15, 0.2) is 22.9 Å². The van der Waals surface area contributed by atoms with Crippen molar-refractivity contribution in [2.24, 2.45) is 0 Å². The zero-order valence-corrected chi connectivity index (χ0v) is 30.4. The number of carbonyl (C=O) groups is 3. The maximum atomic E-state index is 14.4. The average molecular weight is 737 g/mol. The van der Waals surface area contributed by atoms with Crippen molar-refractivity contribution in [3.8, 4) is 29.1 Å². The highest BCUT2D eigenvalue weighted by atomic mass is 16.3. The molecule has 0 fully saturated rings. The second-order valence-corrected chi connectivity index (χ2v) is 14.1. The zero-order chi connectivity index (χ0) is 38.9. The van der Waals surface area contributed by atoms with Crippen molar-refractivity contribution < 1.29 is 18.8 Å². The van der Waals surface area contributed by atoms with Gasteiger partial charge in [-0.2, -0.15) is 10.5 Å². The highest BCUT2D eigenvalue weighted by Crippen LogP contribution is 2.42. The van der Waals surface area contributed by atoms with Crippen molar-refractivity contribution in [2.75, 3.05) is 0 Å². The van der Waals surface area contributed by atoms with E-state index in [4.69, 9.17) is 4.42 Å². The van der Waals surface area contributed by atoms with Crippen molar-refractivity contribution in [3.05, 3.63) is 178 Å². The summed E-state index contributed by atoms with van der Waals surface area (Å²) in [6.07, 6.45) is 5.25. The molecule has 5 aromatic carbocycles. The van der Waals surface area contributed by atoms with Crippen LogP contribution in [0, 0.1) is 22.7 Å². The molecule has 0 amide bonds. The van der Waals surface area contributed by atoms with E-state index in [2.05, 4.69) is 0 Å². The molecule has 0 bridgehead atoms. The van der Waals surface area contributed by atoms with Gasteiger partial charge in [-0.3, -0.25) is 14.4 Å².